The van der Waals surface area contributed by atoms with Crippen LogP contribution in [0.15, 0.2) is 48.5 Å². The average Bonchev–Trinajstić information content (AvgIpc) is 3.13. The van der Waals surface area contributed by atoms with Crippen molar-refractivity contribution in [2.75, 3.05) is 19.6 Å². The Morgan fingerprint density at radius 1 is 1.10 bits per heavy atom. The zero-order valence-corrected chi connectivity index (χ0v) is 18.9. The summed E-state index contributed by atoms with van der Waals surface area (Å²) in [5, 5.41) is 3.14. The zero-order valence-electron chi connectivity index (χ0n) is 18.9. The quantitative estimate of drug-likeness (QED) is 0.782. The van der Waals surface area contributed by atoms with Crippen LogP contribution in [0, 0.1) is 12.8 Å². The van der Waals surface area contributed by atoms with E-state index < -0.39 is 0 Å². The number of likely N-dealkylation sites (tertiary alicyclic amines) is 1. The van der Waals surface area contributed by atoms with Crippen LogP contribution in [0.1, 0.15) is 42.5 Å². The van der Waals surface area contributed by atoms with E-state index in [1.54, 1.807) is 0 Å². The van der Waals surface area contributed by atoms with Crippen LogP contribution < -0.4 is 5.32 Å². The summed E-state index contributed by atoms with van der Waals surface area (Å²) < 4.78 is 0. The van der Waals surface area contributed by atoms with Crippen LogP contribution >= 0.6 is 0 Å². The molecule has 1 saturated heterocycles. The first-order chi connectivity index (χ1) is 14.8. The van der Waals surface area contributed by atoms with Gasteiger partial charge < -0.3 is 10.2 Å². The van der Waals surface area contributed by atoms with Crippen molar-refractivity contribution in [3.05, 3.63) is 70.8 Å². The maximum Gasteiger partial charge on any atom is 0.225 e. The van der Waals surface area contributed by atoms with E-state index in [4.69, 9.17) is 0 Å². The highest BCUT2D eigenvalue weighted by atomic mass is 16.2. The lowest BCUT2D eigenvalue weighted by molar-refractivity contribution is -0.129. The van der Waals surface area contributed by atoms with Crippen LogP contribution in [0.5, 0.6) is 0 Å². The molecule has 2 aromatic carbocycles. The van der Waals surface area contributed by atoms with Gasteiger partial charge in [-0.3, -0.25) is 14.5 Å². The molecule has 2 amide bonds. The molecule has 0 aliphatic carbocycles. The lowest BCUT2D eigenvalue weighted by Gasteiger charge is -2.41. The van der Waals surface area contributed by atoms with Gasteiger partial charge in [0.05, 0.1) is 5.92 Å². The van der Waals surface area contributed by atoms with Gasteiger partial charge in [-0.2, -0.15) is 0 Å². The van der Waals surface area contributed by atoms with Gasteiger partial charge in [0.2, 0.25) is 11.8 Å². The summed E-state index contributed by atoms with van der Waals surface area (Å²) in [6, 6.07) is 16.8. The van der Waals surface area contributed by atoms with Crippen molar-refractivity contribution >= 4 is 11.8 Å². The second-order valence-electron chi connectivity index (χ2n) is 9.63. The number of benzene rings is 2. The normalized spacial score (nSPS) is 19.4. The molecule has 1 unspecified atom stereocenters. The van der Waals surface area contributed by atoms with Crippen LogP contribution in [-0.2, 0) is 29.1 Å². The molecule has 5 heteroatoms. The highest BCUT2D eigenvalue weighted by molar-refractivity contribution is 5.89. The second kappa shape index (κ2) is 8.83. The van der Waals surface area contributed by atoms with E-state index in [-0.39, 0.29) is 23.3 Å². The largest absolute Gasteiger partial charge is 0.354 e. The standard InChI is InChI=1S/C26H33N3O2/c1-19-8-10-20(11-9-19)15-28-16-23(14-24(28)30)25(31)27-18-26(2,3)29-13-12-21-6-4-5-7-22(21)17-29/h4-11,23H,12-18H2,1-3H3,(H,27,31). The number of carbonyl (C=O) groups excluding carboxylic acids is 2. The highest BCUT2D eigenvalue weighted by Crippen LogP contribution is 2.26. The summed E-state index contributed by atoms with van der Waals surface area (Å²) in [4.78, 5) is 29.6. The lowest BCUT2D eigenvalue weighted by Crippen LogP contribution is -2.53. The molecule has 2 aliphatic rings. The van der Waals surface area contributed by atoms with Crippen LogP contribution in [0.4, 0.5) is 0 Å². The van der Waals surface area contributed by atoms with Crippen molar-refractivity contribution in [3.63, 3.8) is 0 Å². The predicted octanol–water partition coefficient (Wildman–Crippen LogP) is 3.30. The van der Waals surface area contributed by atoms with Crippen LogP contribution in [0.3, 0.4) is 0 Å². The van der Waals surface area contributed by atoms with Crippen molar-refractivity contribution in [1.82, 2.24) is 15.1 Å². The zero-order chi connectivity index (χ0) is 22.0. The van der Waals surface area contributed by atoms with Gasteiger partial charge in [-0.1, -0.05) is 54.1 Å². The van der Waals surface area contributed by atoms with E-state index in [1.165, 1.54) is 16.7 Å². The predicted molar refractivity (Wildman–Crippen MR) is 122 cm³/mol. The maximum atomic E-state index is 12.9. The molecule has 2 aliphatic heterocycles. The van der Waals surface area contributed by atoms with Crippen molar-refractivity contribution in [3.8, 4) is 0 Å². The molecule has 0 saturated carbocycles. The first kappa shape index (κ1) is 21.6. The molecule has 0 aromatic heterocycles. The molecule has 164 valence electrons. The van der Waals surface area contributed by atoms with E-state index in [0.717, 1.165) is 25.1 Å². The summed E-state index contributed by atoms with van der Waals surface area (Å²) in [7, 11) is 0. The Bertz CT molecular complexity index is 951. The minimum absolute atomic E-state index is 0.00904. The molecule has 5 nitrogen and oxygen atoms in total. The molecule has 0 spiro atoms. The molecule has 0 bridgehead atoms. The third kappa shape index (κ3) is 4.99. The molecular formula is C26H33N3O2. The molecule has 1 N–H and O–H groups in total. The van der Waals surface area contributed by atoms with Gasteiger partial charge in [0.15, 0.2) is 0 Å². The molecule has 2 aromatic rings. The molecule has 1 fully saturated rings. The molecule has 0 radical (unpaired) electrons. The number of rotatable bonds is 6. The van der Waals surface area contributed by atoms with Crippen LogP contribution in [0.25, 0.3) is 0 Å². The SMILES string of the molecule is Cc1ccc(CN2CC(C(=O)NCC(C)(C)N3CCc4ccccc4C3)CC2=O)cc1. The van der Waals surface area contributed by atoms with Gasteiger partial charge in [0.1, 0.15) is 0 Å². The molecule has 1 atom stereocenters. The van der Waals surface area contributed by atoms with E-state index in [9.17, 15) is 9.59 Å². The number of amides is 2. The fourth-order valence-corrected chi connectivity index (χ4v) is 4.59. The monoisotopic (exact) mass is 419 g/mol. The van der Waals surface area contributed by atoms with Crippen molar-refractivity contribution in [2.45, 2.75) is 52.2 Å². The van der Waals surface area contributed by atoms with Crippen LogP contribution in [0.2, 0.25) is 0 Å². The van der Waals surface area contributed by atoms with Gasteiger partial charge >= 0.3 is 0 Å². The number of hydrogen-bond donors (Lipinski definition) is 1. The second-order valence-corrected chi connectivity index (χ2v) is 9.63. The Balaban J connectivity index is 1.30. The Morgan fingerprint density at radius 3 is 2.55 bits per heavy atom. The Kier molecular flexibility index (Phi) is 6.15. The van der Waals surface area contributed by atoms with E-state index in [0.29, 0.717) is 26.1 Å². The third-order valence-corrected chi connectivity index (χ3v) is 6.76. The smallest absolute Gasteiger partial charge is 0.225 e. The first-order valence-corrected chi connectivity index (χ1v) is 11.2. The summed E-state index contributed by atoms with van der Waals surface area (Å²) >= 11 is 0. The van der Waals surface area contributed by atoms with E-state index >= 15 is 0 Å². The van der Waals surface area contributed by atoms with Gasteiger partial charge in [-0.05, 0) is 43.9 Å². The van der Waals surface area contributed by atoms with Gasteiger partial charge in [-0.15, -0.1) is 0 Å². The molecular weight excluding hydrogens is 386 g/mol. The van der Waals surface area contributed by atoms with Gasteiger partial charge in [0.25, 0.3) is 0 Å². The summed E-state index contributed by atoms with van der Waals surface area (Å²) in [6.07, 6.45) is 1.34. The van der Waals surface area contributed by atoms with Gasteiger partial charge in [0, 0.05) is 44.7 Å². The van der Waals surface area contributed by atoms with Gasteiger partial charge in [-0.25, -0.2) is 0 Å². The lowest BCUT2D eigenvalue weighted by atomic mass is 9.94. The van der Waals surface area contributed by atoms with E-state index in [1.807, 2.05) is 4.90 Å². The van der Waals surface area contributed by atoms with Crippen molar-refractivity contribution in [2.24, 2.45) is 5.92 Å². The molecule has 2 heterocycles. The topological polar surface area (TPSA) is 52.7 Å². The number of hydrogen-bond acceptors (Lipinski definition) is 3. The molecule has 4 rings (SSSR count). The number of carbonyl (C=O) groups is 2. The van der Waals surface area contributed by atoms with Crippen molar-refractivity contribution in [1.29, 1.82) is 0 Å². The number of nitrogens with one attached hydrogen (secondary N) is 1. The number of aryl methyl sites for hydroxylation is 1. The molecule has 31 heavy (non-hydrogen) atoms. The Labute approximate surface area is 185 Å². The minimum atomic E-state index is -0.268. The van der Waals surface area contributed by atoms with Crippen LogP contribution in [-0.4, -0.2) is 46.8 Å². The Hall–Kier alpha value is -2.66. The third-order valence-electron chi connectivity index (χ3n) is 6.76. The first-order valence-electron chi connectivity index (χ1n) is 11.2. The average molecular weight is 420 g/mol. The van der Waals surface area contributed by atoms with E-state index in [2.05, 4.69) is 79.5 Å². The summed E-state index contributed by atoms with van der Waals surface area (Å²) in [5.74, 6) is -0.214. The number of fused-ring (bicyclic) bond motifs is 1. The fourth-order valence-electron chi connectivity index (χ4n) is 4.59. The summed E-state index contributed by atoms with van der Waals surface area (Å²) in [5.41, 5.74) is 4.96. The minimum Gasteiger partial charge on any atom is -0.354 e. The highest BCUT2D eigenvalue weighted by Gasteiger charge is 2.36. The Morgan fingerprint density at radius 2 is 1.81 bits per heavy atom. The number of nitrogens with zero attached hydrogens (tertiary/aromatic N) is 2. The fraction of sp³-hybridized carbons (Fsp3) is 0.462. The maximum absolute atomic E-state index is 12.9. The summed E-state index contributed by atoms with van der Waals surface area (Å²) in [6.45, 7) is 9.97. The van der Waals surface area contributed by atoms with Crippen molar-refractivity contribution < 1.29 is 9.59 Å².